The van der Waals surface area contributed by atoms with Crippen LogP contribution in [0.5, 0.6) is 5.75 Å². The van der Waals surface area contributed by atoms with Gasteiger partial charge in [-0.05, 0) is 36.4 Å². The number of nitrogen functional groups attached to an aromatic ring is 1. The lowest BCUT2D eigenvalue weighted by atomic mass is 10.1. The van der Waals surface area contributed by atoms with Crippen LogP contribution < -0.4 is 10.5 Å². The molecule has 0 spiro atoms. The summed E-state index contributed by atoms with van der Waals surface area (Å²) in [6, 6.07) is 9.15. The standard InChI is InChI=1S/C15H13F2NOS/c16-10-1-3-14-9(5-10)6-12(19-14)8-20-15-4-2-11(18)7-13(15)17/h1-5,7,12H,6,8,18H2. The summed E-state index contributed by atoms with van der Waals surface area (Å²) in [7, 11) is 0. The Balaban J connectivity index is 1.63. The molecule has 2 aromatic rings. The molecule has 20 heavy (non-hydrogen) atoms. The van der Waals surface area contributed by atoms with Gasteiger partial charge < -0.3 is 10.5 Å². The van der Waals surface area contributed by atoms with E-state index in [1.165, 1.54) is 30.0 Å². The number of fused-ring (bicyclic) bond motifs is 1. The molecule has 0 amide bonds. The highest BCUT2D eigenvalue weighted by molar-refractivity contribution is 7.99. The average Bonchev–Trinajstić information content (AvgIpc) is 2.79. The van der Waals surface area contributed by atoms with Crippen molar-refractivity contribution >= 4 is 17.4 Å². The molecular weight excluding hydrogens is 280 g/mol. The third-order valence-corrected chi connectivity index (χ3v) is 4.32. The lowest BCUT2D eigenvalue weighted by Gasteiger charge is -2.10. The third kappa shape index (κ3) is 2.72. The van der Waals surface area contributed by atoms with Crippen molar-refractivity contribution in [3.8, 4) is 5.75 Å². The summed E-state index contributed by atoms with van der Waals surface area (Å²) in [6.07, 6.45) is 0.588. The van der Waals surface area contributed by atoms with Crippen LogP contribution >= 0.6 is 11.8 Å². The van der Waals surface area contributed by atoms with E-state index in [2.05, 4.69) is 0 Å². The Morgan fingerprint density at radius 2 is 2.05 bits per heavy atom. The Hall–Kier alpha value is -1.75. The van der Waals surface area contributed by atoms with E-state index >= 15 is 0 Å². The summed E-state index contributed by atoms with van der Waals surface area (Å²) in [4.78, 5) is 0.546. The van der Waals surface area contributed by atoms with Crippen molar-refractivity contribution < 1.29 is 13.5 Å². The van der Waals surface area contributed by atoms with Crippen molar-refractivity contribution in [3.63, 3.8) is 0 Å². The zero-order chi connectivity index (χ0) is 14.1. The predicted octanol–water partition coefficient (Wildman–Crippen LogP) is 3.64. The second-order valence-corrected chi connectivity index (χ2v) is 5.76. The SMILES string of the molecule is Nc1ccc(SCC2Cc3cc(F)ccc3O2)c(F)c1. The lowest BCUT2D eigenvalue weighted by Crippen LogP contribution is -2.15. The van der Waals surface area contributed by atoms with Gasteiger partial charge in [-0.1, -0.05) is 0 Å². The number of hydrogen-bond acceptors (Lipinski definition) is 3. The van der Waals surface area contributed by atoms with Crippen molar-refractivity contribution in [1.82, 2.24) is 0 Å². The summed E-state index contributed by atoms with van der Waals surface area (Å²) in [5, 5.41) is 0. The molecule has 0 radical (unpaired) electrons. The molecule has 1 unspecified atom stereocenters. The van der Waals surface area contributed by atoms with E-state index in [1.807, 2.05) is 0 Å². The molecule has 0 fully saturated rings. The molecule has 104 valence electrons. The molecule has 2 N–H and O–H groups in total. The van der Waals surface area contributed by atoms with E-state index in [-0.39, 0.29) is 17.7 Å². The van der Waals surface area contributed by atoms with Gasteiger partial charge in [0.05, 0.1) is 0 Å². The summed E-state index contributed by atoms with van der Waals surface area (Å²) < 4.78 is 32.5. The second-order valence-electron chi connectivity index (χ2n) is 4.70. The minimum atomic E-state index is -0.323. The molecule has 1 heterocycles. The predicted molar refractivity (Wildman–Crippen MR) is 76.1 cm³/mol. The van der Waals surface area contributed by atoms with E-state index in [9.17, 15) is 8.78 Å². The highest BCUT2D eigenvalue weighted by atomic mass is 32.2. The molecule has 0 saturated heterocycles. The number of nitrogens with two attached hydrogens (primary N) is 1. The molecular formula is C15H13F2NOS. The number of ether oxygens (including phenoxy) is 1. The summed E-state index contributed by atoms with van der Waals surface area (Å²) in [5.74, 6) is 0.744. The number of rotatable bonds is 3. The molecule has 1 atom stereocenters. The average molecular weight is 293 g/mol. The molecule has 5 heteroatoms. The van der Waals surface area contributed by atoms with E-state index in [1.54, 1.807) is 18.2 Å². The Labute approximate surface area is 119 Å². The molecule has 0 aromatic heterocycles. The van der Waals surface area contributed by atoms with Crippen molar-refractivity contribution in [2.75, 3.05) is 11.5 Å². The molecule has 3 rings (SSSR count). The van der Waals surface area contributed by atoms with Crippen LogP contribution in [-0.2, 0) is 6.42 Å². The molecule has 0 saturated carbocycles. The number of benzene rings is 2. The van der Waals surface area contributed by atoms with Crippen LogP contribution in [-0.4, -0.2) is 11.9 Å². The number of halogens is 2. The molecule has 1 aliphatic rings. The monoisotopic (exact) mass is 293 g/mol. The minimum Gasteiger partial charge on any atom is -0.489 e. The Morgan fingerprint density at radius 3 is 2.85 bits per heavy atom. The molecule has 0 aliphatic carbocycles. The number of hydrogen-bond donors (Lipinski definition) is 1. The zero-order valence-electron chi connectivity index (χ0n) is 10.6. The van der Waals surface area contributed by atoms with Crippen LogP contribution in [0.25, 0.3) is 0 Å². The Kier molecular flexibility index (Phi) is 3.53. The van der Waals surface area contributed by atoms with Crippen molar-refractivity contribution in [2.24, 2.45) is 0 Å². The van der Waals surface area contributed by atoms with Gasteiger partial charge in [0.1, 0.15) is 23.5 Å². The topological polar surface area (TPSA) is 35.2 Å². The normalized spacial score (nSPS) is 16.8. The Bertz CT molecular complexity index is 648. The van der Waals surface area contributed by atoms with E-state index in [0.717, 1.165) is 11.3 Å². The fourth-order valence-electron chi connectivity index (χ4n) is 2.20. The van der Waals surface area contributed by atoms with Crippen LogP contribution in [0.4, 0.5) is 14.5 Å². The Morgan fingerprint density at radius 1 is 1.20 bits per heavy atom. The van der Waals surface area contributed by atoms with Gasteiger partial charge in [-0.25, -0.2) is 8.78 Å². The van der Waals surface area contributed by atoms with Crippen molar-refractivity contribution in [2.45, 2.75) is 17.4 Å². The summed E-state index contributed by atoms with van der Waals surface area (Å²) in [5.41, 5.74) is 6.79. The fourth-order valence-corrected chi connectivity index (χ4v) is 3.11. The van der Waals surface area contributed by atoms with Crippen LogP contribution in [0, 0.1) is 11.6 Å². The van der Waals surface area contributed by atoms with Crippen molar-refractivity contribution in [3.05, 3.63) is 53.6 Å². The van der Waals surface area contributed by atoms with Gasteiger partial charge in [0.25, 0.3) is 0 Å². The smallest absolute Gasteiger partial charge is 0.138 e. The van der Waals surface area contributed by atoms with E-state index in [0.29, 0.717) is 22.8 Å². The zero-order valence-corrected chi connectivity index (χ0v) is 11.4. The van der Waals surface area contributed by atoms with Gasteiger partial charge in [0.2, 0.25) is 0 Å². The van der Waals surface area contributed by atoms with Crippen LogP contribution in [0.2, 0.25) is 0 Å². The summed E-state index contributed by atoms with van der Waals surface area (Å²) >= 11 is 1.38. The first-order valence-corrected chi connectivity index (χ1v) is 7.23. The summed E-state index contributed by atoms with van der Waals surface area (Å²) in [6.45, 7) is 0. The van der Waals surface area contributed by atoms with Gasteiger partial charge in [0, 0.05) is 28.3 Å². The third-order valence-electron chi connectivity index (χ3n) is 3.14. The first kappa shape index (κ1) is 13.2. The second kappa shape index (κ2) is 5.32. The largest absolute Gasteiger partial charge is 0.489 e. The molecule has 2 nitrogen and oxygen atoms in total. The fraction of sp³-hybridized carbons (Fsp3) is 0.200. The maximum atomic E-state index is 13.6. The van der Waals surface area contributed by atoms with Crippen LogP contribution in [0.3, 0.4) is 0 Å². The van der Waals surface area contributed by atoms with Gasteiger partial charge in [-0.3, -0.25) is 0 Å². The quantitative estimate of drug-likeness (QED) is 0.693. The lowest BCUT2D eigenvalue weighted by molar-refractivity contribution is 0.259. The minimum absolute atomic E-state index is 0.0613. The van der Waals surface area contributed by atoms with Gasteiger partial charge in [0.15, 0.2) is 0 Å². The highest BCUT2D eigenvalue weighted by Gasteiger charge is 2.23. The molecule has 2 aromatic carbocycles. The van der Waals surface area contributed by atoms with Gasteiger partial charge in [-0.15, -0.1) is 11.8 Å². The van der Waals surface area contributed by atoms with E-state index in [4.69, 9.17) is 10.5 Å². The van der Waals surface area contributed by atoms with Gasteiger partial charge >= 0.3 is 0 Å². The first-order chi connectivity index (χ1) is 9.61. The van der Waals surface area contributed by atoms with Crippen LogP contribution in [0.1, 0.15) is 5.56 Å². The van der Waals surface area contributed by atoms with Crippen molar-refractivity contribution in [1.29, 1.82) is 0 Å². The van der Waals surface area contributed by atoms with Gasteiger partial charge in [-0.2, -0.15) is 0 Å². The van der Waals surface area contributed by atoms with Crippen LogP contribution in [0.15, 0.2) is 41.3 Å². The molecule has 1 aliphatic heterocycles. The van der Waals surface area contributed by atoms with E-state index < -0.39 is 0 Å². The number of anilines is 1. The first-order valence-electron chi connectivity index (χ1n) is 6.25. The highest BCUT2D eigenvalue weighted by Crippen LogP contribution is 2.32. The maximum Gasteiger partial charge on any atom is 0.138 e. The molecule has 0 bridgehead atoms. The maximum absolute atomic E-state index is 13.6. The number of thioether (sulfide) groups is 1.